The number of aliphatic hydroxyl groups is 1. The Kier molecular flexibility index (Phi) is 3.61. The molecule has 0 aliphatic carbocycles. The fraction of sp³-hybridized carbons (Fsp3) is 0.417. The third-order valence-corrected chi connectivity index (χ3v) is 2.56. The van der Waals surface area contributed by atoms with Gasteiger partial charge in [-0.25, -0.2) is 4.98 Å². The van der Waals surface area contributed by atoms with Gasteiger partial charge in [-0.3, -0.25) is 5.32 Å². The summed E-state index contributed by atoms with van der Waals surface area (Å²) in [6.07, 6.45) is 4.85. The quantitative estimate of drug-likeness (QED) is 0.813. The van der Waals surface area contributed by atoms with E-state index in [1.165, 1.54) is 0 Å². The van der Waals surface area contributed by atoms with Gasteiger partial charge >= 0.3 is 0 Å². The van der Waals surface area contributed by atoms with Crippen molar-refractivity contribution in [2.75, 3.05) is 6.54 Å². The normalized spacial score (nSPS) is 14.8. The fourth-order valence-corrected chi connectivity index (χ4v) is 1.72. The second-order valence-electron chi connectivity index (χ2n) is 4.10. The van der Waals surface area contributed by atoms with E-state index in [1.54, 1.807) is 19.4 Å². The molecule has 2 heterocycles. The molecular weight excluding hydrogens is 218 g/mol. The van der Waals surface area contributed by atoms with Crippen LogP contribution in [0.25, 0.3) is 0 Å². The summed E-state index contributed by atoms with van der Waals surface area (Å²) in [5.41, 5.74) is 0. The maximum atomic E-state index is 9.35. The number of nitrogens with zero attached hydrogens (tertiary/aromatic N) is 2. The monoisotopic (exact) mass is 235 g/mol. The zero-order valence-electron chi connectivity index (χ0n) is 10.00. The summed E-state index contributed by atoms with van der Waals surface area (Å²) in [4.78, 5) is 4.31. The molecule has 2 aromatic heterocycles. The molecule has 92 valence electrons. The Labute approximate surface area is 100 Å². The summed E-state index contributed by atoms with van der Waals surface area (Å²) < 4.78 is 7.34. The van der Waals surface area contributed by atoms with Crippen molar-refractivity contribution < 1.29 is 9.52 Å². The van der Waals surface area contributed by atoms with Gasteiger partial charge in [0.05, 0.1) is 12.4 Å². The molecule has 0 saturated carbocycles. The van der Waals surface area contributed by atoms with E-state index in [0.29, 0.717) is 6.54 Å². The lowest BCUT2D eigenvalue weighted by atomic mass is 10.2. The van der Waals surface area contributed by atoms with E-state index in [9.17, 15) is 5.11 Å². The fourth-order valence-electron chi connectivity index (χ4n) is 1.72. The summed E-state index contributed by atoms with van der Waals surface area (Å²) in [6, 6.07) is 3.60. The molecule has 0 spiro atoms. The first-order valence-corrected chi connectivity index (χ1v) is 5.60. The van der Waals surface area contributed by atoms with Gasteiger partial charge in [0.15, 0.2) is 0 Å². The molecule has 0 radical (unpaired) electrons. The van der Waals surface area contributed by atoms with Gasteiger partial charge in [0.2, 0.25) is 0 Å². The van der Waals surface area contributed by atoms with Gasteiger partial charge in [0.25, 0.3) is 0 Å². The highest BCUT2D eigenvalue weighted by Crippen LogP contribution is 2.20. The molecule has 5 heteroatoms. The molecular formula is C12H17N3O2. The van der Waals surface area contributed by atoms with Crippen LogP contribution in [0, 0.1) is 0 Å². The van der Waals surface area contributed by atoms with E-state index >= 15 is 0 Å². The van der Waals surface area contributed by atoms with Crippen molar-refractivity contribution in [2.45, 2.75) is 19.1 Å². The molecule has 17 heavy (non-hydrogen) atoms. The van der Waals surface area contributed by atoms with Gasteiger partial charge in [-0.05, 0) is 19.1 Å². The summed E-state index contributed by atoms with van der Waals surface area (Å²) >= 11 is 0. The zero-order valence-corrected chi connectivity index (χ0v) is 10.00. The summed E-state index contributed by atoms with van der Waals surface area (Å²) in [5, 5.41) is 12.6. The van der Waals surface area contributed by atoms with Gasteiger partial charge in [0, 0.05) is 26.0 Å². The molecule has 0 aromatic carbocycles. The molecule has 0 saturated heterocycles. The first kappa shape index (κ1) is 11.9. The van der Waals surface area contributed by atoms with E-state index in [1.807, 2.05) is 29.9 Å². The second kappa shape index (κ2) is 5.16. The van der Waals surface area contributed by atoms with E-state index in [2.05, 4.69) is 10.3 Å². The Balaban J connectivity index is 2.22. The van der Waals surface area contributed by atoms with Crippen molar-refractivity contribution in [1.29, 1.82) is 0 Å². The van der Waals surface area contributed by atoms with E-state index < -0.39 is 6.10 Å². The first-order chi connectivity index (χ1) is 8.18. The van der Waals surface area contributed by atoms with E-state index in [0.717, 1.165) is 11.6 Å². The van der Waals surface area contributed by atoms with Crippen molar-refractivity contribution in [3.05, 3.63) is 42.4 Å². The highest BCUT2D eigenvalue weighted by Gasteiger charge is 2.20. The molecule has 0 bridgehead atoms. The lowest BCUT2D eigenvalue weighted by molar-refractivity contribution is 0.186. The van der Waals surface area contributed by atoms with Gasteiger partial charge < -0.3 is 14.1 Å². The molecule has 2 N–H and O–H groups in total. The molecule has 0 fully saturated rings. The Morgan fingerprint density at radius 2 is 2.41 bits per heavy atom. The largest absolute Gasteiger partial charge is 0.467 e. The lowest BCUT2D eigenvalue weighted by Crippen LogP contribution is -2.30. The minimum atomic E-state index is -0.410. The van der Waals surface area contributed by atoms with Crippen molar-refractivity contribution >= 4 is 0 Å². The molecule has 0 amide bonds. The van der Waals surface area contributed by atoms with Crippen LogP contribution in [-0.4, -0.2) is 27.3 Å². The van der Waals surface area contributed by atoms with Crippen LogP contribution in [0.3, 0.4) is 0 Å². The molecule has 2 rings (SSSR count). The summed E-state index contributed by atoms with van der Waals surface area (Å²) in [7, 11) is 1.93. The van der Waals surface area contributed by atoms with Crippen LogP contribution in [-0.2, 0) is 7.05 Å². The third kappa shape index (κ3) is 2.75. The Morgan fingerprint density at radius 1 is 1.59 bits per heavy atom. The highest BCUT2D eigenvalue weighted by molar-refractivity contribution is 5.15. The number of furan rings is 1. The predicted octanol–water partition coefficient (Wildman–Crippen LogP) is 1.07. The Morgan fingerprint density at radius 3 is 2.94 bits per heavy atom. The molecule has 2 unspecified atom stereocenters. The smallest absolute Gasteiger partial charge is 0.133 e. The van der Waals surface area contributed by atoms with Crippen LogP contribution in [0.1, 0.15) is 24.6 Å². The number of rotatable bonds is 5. The maximum Gasteiger partial charge on any atom is 0.133 e. The molecule has 0 aliphatic heterocycles. The predicted molar refractivity (Wildman–Crippen MR) is 63.4 cm³/mol. The van der Waals surface area contributed by atoms with Crippen LogP contribution in [0.2, 0.25) is 0 Å². The summed E-state index contributed by atoms with van der Waals surface area (Å²) in [5.74, 6) is 1.65. The van der Waals surface area contributed by atoms with E-state index in [4.69, 9.17) is 4.42 Å². The standard InChI is InChI=1S/C12H17N3O2/c1-9(16)8-14-11(10-4-3-7-17-10)12-13-5-6-15(12)2/h3-7,9,11,14,16H,8H2,1-2H3. The van der Waals surface area contributed by atoms with Crippen LogP contribution < -0.4 is 5.32 Å². The van der Waals surface area contributed by atoms with E-state index in [-0.39, 0.29) is 6.04 Å². The maximum absolute atomic E-state index is 9.35. The van der Waals surface area contributed by atoms with Gasteiger partial charge in [-0.1, -0.05) is 0 Å². The van der Waals surface area contributed by atoms with Crippen LogP contribution in [0.15, 0.2) is 35.2 Å². The minimum absolute atomic E-state index is 0.139. The third-order valence-electron chi connectivity index (χ3n) is 2.56. The minimum Gasteiger partial charge on any atom is -0.467 e. The number of nitrogens with one attached hydrogen (secondary N) is 1. The zero-order chi connectivity index (χ0) is 12.3. The van der Waals surface area contributed by atoms with Crippen molar-refractivity contribution in [3.63, 3.8) is 0 Å². The number of aliphatic hydroxyl groups excluding tert-OH is 1. The van der Waals surface area contributed by atoms with Gasteiger partial charge in [0.1, 0.15) is 17.6 Å². The Hall–Kier alpha value is -1.59. The number of hydrogen-bond acceptors (Lipinski definition) is 4. The molecule has 5 nitrogen and oxygen atoms in total. The first-order valence-electron chi connectivity index (χ1n) is 5.60. The van der Waals surface area contributed by atoms with Crippen LogP contribution in [0.4, 0.5) is 0 Å². The summed E-state index contributed by atoms with van der Waals surface area (Å²) in [6.45, 7) is 2.23. The second-order valence-corrected chi connectivity index (χ2v) is 4.10. The van der Waals surface area contributed by atoms with Crippen molar-refractivity contribution in [2.24, 2.45) is 7.05 Å². The van der Waals surface area contributed by atoms with Crippen LogP contribution in [0.5, 0.6) is 0 Å². The van der Waals surface area contributed by atoms with Gasteiger partial charge in [-0.2, -0.15) is 0 Å². The molecule has 2 atom stereocenters. The topological polar surface area (TPSA) is 63.2 Å². The van der Waals surface area contributed by atoms with Crippen LogP contribution >= 0.6 is 0 Å². The highest BCUT2D eigenvalue weighted by atomic mass is 16.3. The van der Waals surface area contributed by atoms with Crippen molar-refractivity contribution in [1.82, 2.24) is 14.9 Å². The van der Waals surface area contributed by atoms with Crippen molar-refractivity contribution in [3.8, 4) is 0 Å². The number of imidazole rings is 1. The lowest BCUT2D eigenvalue weighted by Gasteiger charge is -2.17. The average Bonchev–Trinajstić information content (AvgIpc) is 2.91. The number of aryl methyl sites for hydroxylation is 1. The molecule has 2 aromatic rings. The average molecular weight is 235 g/mol. The molecule has 0 aliphatic rings. The number of hydrogen-bond donors (Lipinski definition) is 2. The Bertz CT molecular complexity index is 448. The SMILES string of the molecule is CC(O)CNC(c1ccco1)c1nccn1C. The van der Waals surface area contributed by atoms with Gasteiger partial charge in [-0.15, -0.1) is 0 Å². The number of aromatic nitrogens is 2.